The number of rotatable bonds is 3. The molecule has 0 spiro atoms. The summed E-state index contributed by atoms with van der Waals surface area (Å²) >= 11 is 0. The van der Waals surface area contributed by atoms with E-state index in [9.17, 15) is 9.59 Å². The highest BCUT2D eigenvalue weighted by Crippen LogP contribution is 2.13. The third-order valence-electron chi connectivity index (χ3n) is 2.01. The fourth-order valence-electron chi connectivity index (χ4n) is 1.26. The van der Waals surface area contributed by atoms with Gasteiger partial charge in [-0.3, -0.25) is 9.59 Å². The molecule has 0 fully saturated rings. The van der Waals surface area contributed by atoms with Crippen LogP contribution in [0.25, 0.3) is 0 Å². The molecule has 15 heavy (non-hydrogen) atoms. The molecule has 0 aliphatic carbocycles. The standard InChI is InChI=1S/C12H10O3/c1-3-9-4-5-10(8(2)14)11(6-9)12(15)7-13/h1,4-6,13H,7H2,2H3. The van der Waals surface area contributed by atoms with E-state index in [1.165, 1.54) is 19.1 Å². The fraction of sp³-hybridized carbons (Fsp3) is 0.167. The van der Waals surface area contributed by atoms with E-state index in [1.807, 2.05) is 0 Å². The molecule has 1 rings (SSSR count). The van der Waals surface area contributed by atoms with Crippen LogP contribution in [0.1, 0.15) is 33.2 Å². The van der Waals surface area contributed by atoms with Crippen molar-refractivity contribution in [1.82, 2.24) is 0 Å². The summed E-state index contributed by atoms with van der Waals surface area (Å²) in [5.41, 5.74) is 0.977. The Labute approximate surface area is 87.7 Å². The number of carbonyl (C=O) groups is 2. The van der Waals surface area contributed by atoms with E-state index in [-0.39, 0.29) is 16.9 Å². The molecule has 0 heterocycles. The zero-order valence-corrected chi connectivity index (χ0v) is 8.28. The van der Waals surface area contributed by atoms with Gasteiger partial charge in [-0.05, 0) is 25.1 Å². The Morgan fingerprint density at radius 1 is 1.40 bits per heavy atom. The summed E-state index contributed by atoms with van der Waals surface area (Å²) in [4.78, 5) is 22.5. The van der Waals surface area contributed by atoms with Crippen molar-refractivity contribution in [3.8, 4) is 12.3 Å². The zero-order chi connectivity index (χ0) is 11.4. The van der Waals surface area contributed by atoms with Gasteiger partial charge in [0.2, 0.25) is 0 Å². The first kappa shape index (κ1) is 11.2. The lowest BCUT2D eigenvalue weighted by Crippen LogP contribution is -2.10. The second kappa shape index (κ2) is 4.54. The molecule has 0 aliphatic heterocycles. The first-order valence-corrected chi connectivity index (χ1v) is 4.35. The molecule has 3 heteroatoms. The number of hydrogen-bond donors (Lipinski definition) is 1. The molecule has 0 saturated carbocycles. The zero-order valence-electron chi connectivity index (χ0n) is 8.28. The van der Waals surface area contributed by atoms with Gasteiger partial charge in [0, 0.05) is 16.7 Å². The molecule has 1 aromatic carbocycles. The fourth-order valence-corrected chi connectivity index (χ4v) is 1.26. The van der Waals surface area contributed by atoms with Gasteiger partial charge in [0.05, 0.1) is 0 Å². The average molecular weight is 202 g/mol. The molecule has 76 valence electrons. The van der Waals surface area contributed by atoms with Gasteiger partial charge in [-0.2, -0.15) is 0 Å². The van der Waals surface area contributed by atoms with E-state index in [2.05, 4.69) is 5.92 Å². The van der Waals surface area contributed by atoms with E-state index in [1.54, 1.807) is 6.07 Å². The maximum absolute atomic E-state index is 11.3. The normalized spacial score (nSPS) is 9.40. The van der Waals surface area contributed by atoms with Crippen LogP contribution >= 0.6 is 0 Å². The van der Waals surface area contributed by atoms with Gasteiger partial charge < -0.3 is 5.11 Å². The van der Waals surface area contributed by atoms with Crippen molar-refractivity contribution >= 4 is 11.6 Å². The van der Waals surface area contributed by atoms with Crippen LogP contribution in [0.2, 0.25) is 0 Å². The number of carbonyl (C=O) groups excluding carboxylic acids is 2. The molecular weight excluding hydrogens is 192 g/mol. The number of terminal acetylenes is 1. The van der Waals surface area contributed by atoms with E-state index < -0.39 is 12.4 Å². The highest BCUT2D eigenvalue weighted by molar-refractivity contribution is 6.08. The molecule has 0 radical (unpaired) electrons. The first-order valence-electron chi connectivity index (χ1n) is 4.35. The van der Waals surface area contributed by atoms with Gasteiger partial charge >= 0.3 is 0 Å². The summed E-state index contributed by atoms with van der Waals surface area (Å²) in [5.74, 6) is 1.64. The predicted molar refractivity (Wildman–Crippen MR) is 55.8 cm³/mol. The third-order valence-corrected chi connectivity index (χ3v) is 2.01. The predicted octanol–water partition coefficient (Wildman–Crippen LogP) is 1.05. The summed E-state index contributed by atoms with van der Waals surface area (Å²) in [5, 5.41) is 8.75. The second-order valence-electron chi connectivity index (χ2n) is 3.04. The molecule has 0 saturated heterocycles. The number of benzene rings is 1. The Balaban J connectivity index is 3.36. The highest BCUT2D eigenvalue weighted by atomic mass is 16.3. The van der Waals surface area contributed by atoms with Crippen molar-refractivity contribution < 1.29 is 14.7 Å². The number of ketones is 2. The van der Waals surface area contributed by atoms with Crippen LogP contribution in [0.5, 0.6) is 0 Å². The van der Waals surface area contributed by atoms with Gasteiger partial charge in [0.1, 0.15) is 6.61 Å². The molecule has 1 N–H and O–H groups in total. The van der Waals surface area contributed by atoms with Crippen molar-refractivity contribution in [2.45, 2.75) is 6.92 Å². The van der Waals surface area contributed by atoms with Crippen LogP contribution in [0, 0.1) is 12.3 Å². The second-order valence-corrected chi connectivity index (χ2v) is 3.04. The van der Waals surface area contributed by atoms with Gasteiger partial charge in [0.25, 0.3) is 0 Å². The summed E-state index contributed by atoms with van der Waals surface area (Å²) in [6.07, 6.45) is 5.18. The van der Waals surface area contributed by atoms with Crippen molar-refractivity contribution in [1.29, 1.82) is 0 Å². The number of Topliss-reactive ketones (excluding diaryl/α,β-unsaturated/α-hetero) is 2. The number of aliphatic hydroxyl groups excluding tert-OH is 1. The molecule has 0 amide bonds. The number of hydrogen-bond acceptors (Lipinski definition) is 3. The SMILES string of the molecule is C#Cc1ccc(C(C)=O)c(C(=O)CO)c1. The van der Waals surface area contributed by atoms with Crippen molar-refractivity contribution in [2.24, 2.45) is 0 Å². The van der Waals surface area contributed by atoms with Crippen LogP contribution in [0.4, 0.5) is 0 Å². The van der Waals surface area contributed by atoms with Crippen LogP contribution in [-0.2, 0) is 0 Å². The van der Waals surface area contributed by atoms with Crippen LogP contribution in [-0.4, -0.2) is 23.3 Å². The molecule has 0 bridgehead atoms. The van der Waals surface area contributed by atoms with Gasteiger partial charge in [0.15, 0.2) is 11.6 Å². The highest BCUT2D eigenvalue weighted by Gasteiger charge is 2.13. The van der Waals surface area contributed by atoms with E-state index >= 15 is 0 Å². The minimum absolute atomic E-state index is 0.181. The van der Waals surface area contributed by atoms with Gasteiger partial charge in [-0.15, -0.1) is 6.42 Å². The van der Waals surface area contributed by atoms with Gasteiger partial charge in [-0.1, -0.05) is 5.92 Å². The van der Waals surface area contributed by atoms with Crippen molar-refractivity contribution in [2.75, 3.05) is 6.61 Å². The average Bonchev–Trinajstić information content (AvgIpc) is 2.26. The van der Waals surface area contributed by atoms with Crippen molar-refractivity contribution in [3.05, 3.63) is 34.9 Å². The Bertz CT molecular complexity index is 452. The minimum Gasteiger partial charge on any atom is -0.388 e. The largest absolute Gasteiger partial charge is 0.388 e. The lowest BCUT2D eigenvalue weighted by Gasteiger charge is -2.04. The summed E-state index contributed by atoms with van der Waals surface area (Å²) in [6, 6.07) is 4.53. The van der Waals surface area contributed by atoms with Crippen LogP contribution in [0.3, 0.4) is 0 Å². The molecule has 0 aromatic heterocycles. The van der Waals surface area contributed by atoms with E-state index in [4.69, 9.17) is 11.5 Å². The smallest absolute Gasteiger partial charge is 0.188 e. The summed E-state index contributed by atoms with van der Waals surface area (Å²) in [6.45, 7) is 0.730. The molecule has 0 aliphatic rings. The molecule has 0 unspecified atom stereocenters. The van der Waals surface area contributed by atoms with E-state index in [0.29, 0.717) is 5.56 Å². The molecule has 0 atom stereocenters. The lowest BCUT2D eigenvalue weighted by molar-refractivity contribution is 0.0895. The Kier molecular flexibility index (Phi) is 3.37. The number of aliphatic hydroxyl groups is 1. The molecule has 3 nitrogen and oxygen atoms in total. The van der Waals surface area contributed by atoms with Crippen LogP contribution < -0.4 is 0 Å². The quantitative estimate of drug-likeness (QED) is 0.588. The molecular formula is C12H10O3. The maximum Gasteiger partial charge on any atom is 0.188 e. The maximum atomic E-state index is 11.3. The Morgan fingerprint density at radius 3 is 2.53 bits per heavy atom. The Morgan fingerprint density at radius 2 is 2.07 bits per heavy atom. The lowest BCUT2D eigenvalue weighted by atomic mass is 9.98. The summed E-state index contributed by atoms with van der Waals surface area (Å²) in [7, 11) is 0. The topological polar surface area (TPSA) is 54.4 Å². The Hall–Kier alpha value is -1.92. The van der Waals surface area contributed by atoms with Gasteiger partial charge in [-0.25, -0.2) is 0 Å². The first-order chi connectivity index (χ1) is 7.10. The third kappa shape index (κ3) is 2.30. The van der Waals surface area contributed by atoms with E-state index in [0.717, 1.165) is 0 Å². The minimum atomic E-state index is -0.631. The van der Waals surface area contributed by atoms with Crippen molar-refractivity contribution in [3.63, 3.8) is 0 Å². The van der Waals surface area contributed by atoms with Crippen LogP contribution in [0.15, 0.2) is 18.2 Å². The monoisotopic (exact) mass is 202 g/mol. The molecule has 1 aromatic rings. The summed E-state index contributed by atoms with van der Waals surface area (Å²) < 4.78 is 0.